The van der Waals surface area contributed by atoms with E-state index in [0.29, 0.717) is 24.1 Å². The van der Waals surface area contributed by atoms with Gasteiger partial charge in [-0.05, 0) is 17.7 Å². The van der Waals surface area contributed by atoms with Crippen molar-refractivity contribution >= 4 is 11.9 Å². The molecule has 0 aliphatic heterocycles. The third-order valence-corrected chi connectivity index (χ3v) is 2.26. The van der Waals surface area contributed by atoms with Gasteiger partial charge in [0.15, 0.2) is 0 Å². The van der Waals surface area contributed by atoms with Crippen LogP contribution in [0.2, 0.25) is 0 Å². The minimum absolute atomic E-state index is 0.0150. The van der Waals surface area contributed by atoms with Gasteiger partial charge in [-0.1, -0.05) is 17.9 Å². The molecule has 0 aliphatic rings. The number of benzene rings is 1. The van der Waals surface area contributed by atoms with Gasteiger partial charge < -0.3 is 15.5 Å². The smallest absolute Gasteiger partial charge is 0.307 e. The molecule has 0 saturated carbocycles. The highest BCUT2D eigenvalue weighted by atomic mass is 16.4. The molecular formula is C14H15NO4. The number of hydrogen-bond acceptors (Lipinski definition) is 3. The molecule has 0 unspecified atom stereocenters. The van der Waals surface area contributed by atoms with Gasteiger partial charge in [-0.2, -0.15) is 0 Å². The van der Waals surface area contributed by atoms with Crippen LogP contribution in [0.3, 0.4) is 0 Å². The Labute approximate surface area is 111 Å². The summed E-state index contributed by atoms with van der Waals surface area (Å²) in [5, 5.41) is 20.9. The lowest BCUT2D eigenvalue weighted by molar-refractivity contribution is -0.136. The predicted octanol–water partition coefficient (Wildman–Crippen LogP) is 0.897. The molecule has 1 aromatic rings. The van der Waals surface area contributed by atoms with Gasteiger partial charge in [-0.25, -0.2) is 0 Å². The van der Waals surface area contributed by atoms with E-state index in [9.17, 15) is 14.7 Å². The Hall–Kier alpha value is -2.48. The molecule has 1 aromatic carbocycles. The van der Waals surface area contributed by atoms with Crippen molar-refractivity contribution in [2.75, 3.05) is 6.54 Å². The van der Waals surface area contributed by atoms with E-state index in [0.717, 1.165) is 0 Å². The first kappa shape index (κ1) is 14.6. The van der Waals surface area contributed by atoms with E-state index < -0.39 is 5.97 Å². The molecule has 0 bridgehead atoms. The van der Waals surface area contributed by atoms with Crippen LogP contribution in [0.25, 0.3) is 0 Å². The average Bonchev–Trinajstić information content (AvgIpc) is 2.31. The summed E-state index contributed by atoms with van der Waals surface area (Å²) >= 11 is 0. The summed E-state index contributed by atoms with van der Waals surface area (Å²) < 4.78 is 0. The zero-order chi connectivity index (χ0) is 14.3. The lowest BCUT2D eigenvalue weighted by atomic mass is 10.1. The molecule has 0 aliphatic carbocycles. The summed E-state index contributed by atoms with van der Waals surface area (Å²) in [6.07, 6.45) is 0.350. The lowest BCUT2D eigenvalue weighted by Gasteiger charge is -2.01. The van der Waals surface area contributed by atoms with Crippen LogP contribution in [0.5, 0.6) is 5.75 Å². The van der Waals surface area contributed by atoms with Crippen LogP contribution >= 0.6 is 0 Å². The highest BCUT2D eigenvalue weighted by molar-refractivity contribution is 5.72. The summed E-state index contributed by atoms with van der Waals surface area (Å²) in [5.41, 5.74) is 0.970. The van der Waals surface area contributed by atoms with E-state index in [-0.39, 0.29) is 18.1 Å². The fraction of sp³-hybridized carbons (Fsp3) is 0.286. The van der Waals surface area contributed by atoms with Crippen molar-refractivity contribution < 1.29 is 19.8 Å². The maximum atomic E-state index is 10.6. The van der Waals surface area contributed by atoms with E-state index in [1.54, 1.807) is 12.1 Å². The van der Waals surface area contributed by atoms with Crippen LogP contribution in [0.4, 0.5) is 0 Å². The predicted molar refractivity (Wildman–Crippen MR) is 69.6 cm³/mol. The Morgan fingerprint density at radius 1 is 1.37 bits per heavy atom. The largest absolute Gasteiger partial charge is 0.507 e. The summed E-state index contributed by atoms with van der Waals surface area (Å²) in [4.78, 5) is 21.2. The van der Waals surface area contributed by atoms with Crippen molar-refractivity contribution in [3.8, 4) is 17.6 Å². The number of carboxylic acid groups (broad SMARTS) is 1. The molecule has 5 heteroatoms. The third kappa shape index (κ3) is 5.59. The number of aromatic hydroxyl groups is 1. The van der Waals surface area contributed by atoms with Crippen molar-refractivity contribution in [1.82, 2.24) is 5.32 Å². The Bertz CT molecular complexity index is 540. The zero-order valence-electron chi connectivity index (χ0n) is 10.6. The number of hydrogen-bond donors (Lipinski definition) is 3. The molecule has 19 heavy (non-hydrogen) atoms. The normalized spacial score (nSPS) is 9.32. The molecule has 5 nitrogen and oxygen atoms in total. The minimum Gasteiger partial charge on any atom is -0.507 e. The SMILES string of the molecule is CC(=O)NCCC#Cc1cc(CC(=O)O)ccc1O. The first-order valence-electron chi connectivity index (χ1n) is 5.76. The first-order chi connectivity index (χ1) is 8.99. The van der Waals surface area contributed by atoms with Gasteiger partial charge in [0.2, 0.25) is 5.91 Å². The molecule has 100 valence electrons. The van der Waals surface area contributed by atoms with Gasteiger partial charge in [0.05, 0.1) is 12.0 Å². The number of carbonyl (C=O) groups is 2. The maximum Gasteiger partial charge on any atom is 0.307 e. The number of carboxylic acids is 1. The van der Waals surface area contributed by atoms with Crippen LogP contribution in [0, 0.1) is 11.8 Å². The summed E-state index contributed by atoms with van der Waals surface area (Å²) in [6.45, 7) is 1.87. The van der Waals surface area contributed by atoms with Gasteiger partial charge in [-0.3, -0.25) is 9.59 Å². The first-order valence-corrected chi connectivity index (χ1v) is 5.76. The van der Waals surface area contributed by atoms with Crippen LogP contribution in [-0.2, 0) is 16.0 Å². The second-order valence-corrected chi connectivity index (χ2v) is 3.96. The number of phenols is 1. The molecule has 1 amide bonds. The number of carbonyl (C=O) groups excluding carboxylic acids is 1. The Balaban J connectivity index is 2.69. The molecule has 0 fully saturated rings. The second-order valence-electron chi connectivity index (χ2n) is 3.96. The number of rotatable bonds is 4. The lowest BCUT2D eigenvalue weighted by Crippen LogP contribution is -2.20. The highest BCUT2D eigenvalue weighted by Crippen LogP contribution is 2.17. The van der Waals surface area contributed by atoms with Crippen molar-refractivity contribution in [1.29, 1.82) is 0 Å². The molecule has 0 spiro atoms. The molecule has 0 atom stereocenters. The monoisotopic (exact) mass is 261 g/mol. The van der Waals surface area contributed by atoms with Gasteiger partial charge in [-0.15, -0.1) is 0 Å². The van der Waals surface area contributed by atoms with Gasteiger partial charge in [0, 0.05) is 19.9 Å². The molecule has 0 aromatic heterocycles. The Morgan fingerprint density at radius 3 is 2.74 bits per heavy atom. The van der Waals surface area contributed by atoms with Crippen LogP contribution < -0.4 is 5.32 Å². The van der Waals surface area contributed by atoms with Crippen molar-refractivity contribution in [3.63, 3.8) is 0 Å². The molecule has 0 heterocycles. The number of aliphatic carboxylic acids is 1. The van der Waals surface area contributed by atoms with Gasteiger partial charge in [0.1, 0.15) is 5.75 Å². The molecule has 3 N–H and O–H groups in total. The molecule has 0 radical (unpaired) electrons. The van der Waals surface area contributed by atoms with E-state index >= 15 is 0 Å². The van der Waals surface area contributed by atoms with Crippen molar-refractivity contribution in [3.05, 3.63) is 29.3 Å². The average molecular weight is 261 g/mol. The molecular weight excluding hydrogens is 246 g/mol. The van der Waals surface area contributed by atoms with E-state index in [4.69, 9.17) is 5.11 Å². The number of nitrogens with one attached hydrogen (secondary N) is 1. The molecule has 0 saturated heterocycles. The number of amides is 1. The van der Waals surface area contributed by atoms with E-state index in [1.165, 1.54) is 13.0 Å². The Morgan fingerprint density at radius 2 is 2.11 bits per heavy atom. The highest BCUT2D eigenvalue weighted by Gasteiger charge is 2.04. The fourth-order valence-electron chi connectivity index (χ4n) is 1.43. The quantitative estimate of drug-likeness (QED) is 0.555. The Kier molecular flexibility index (Phi) is 5.42. The minimum atomic E-state index is -0.935. The second kappa shape index (κ2) is 7.07. The van der Waals surface area contributed by atoms with Crippen molar-refractivity contribution in [2.45, 2.75) is 19.8 Å². The summed E-state index contributed by atoms with van der Waals surface area (Å²) in [7, 11) is 0. The van der Waals surface area contributed by atoms with E-state index in [1.807, 2.05) is 0 Å². The maximum absolute atomic E-state index is 10.6. The van der Waals surface area contributed by atoms with Crippen LogP contribution in [0.1, 0.15) is 24.5 Å². The van der Waals surface area contributed by atoms with Crippen molar-refractivity contribution in [2.24, 2.45) is 0 Å². The van der Waals surface area contributed by atoms with Gasteiger partial charge >= 0.3 is 5.97 Å². The summed E-state index contributed by atoms with van der Waals surface area (Å²) in [6, 6.07) is 4.52. The summed E-state index contributed by atoms with van der Waals surface area (Å²) in [5.74, 6) is 4.52. The molecule has 1 rings (SSSR count). The fourth-order valence-corrected chi connectivity index (χ4v) is 1.43. The topological polar surface area (TPSA) is 86.6 Å². The zero-order valence-corrected chi connectivity index (χ0v) is 10.6. The van der Waals surface area contributed by atoms with Gasteiger partial charge in [0.25, 0.3) is 0 Å². The third-order valence-electron chi connectivity index (χ3n) is 2.26. The van der Waals surface area contributed by atoms with Crippen LogP contribution in [0.15, 0.2) is 18.2 Å². The number of phenolic OH excluding ortho intramolecular Hbond substituents is 1. The van der Waals surface area contributed by atoms with Crippen LogP contribution in [-0.4, -0.2) is 28.6 Å². The van der Waals surface area contributed by atoms with E-state index in [2.05, 4.69) is 17.2 Å². The standard InChI is InChI=1S/C14H15NO4/c1-10(16)15-7-3-2-4-12-8-11(9-14(18)19)5-6-13(12)17/h5-6,8,17H,3,7,9H2,1H3,(H,15,16)(H,18,19).